The molecule has 1 nitrogen and oxygen atoms in total. The van der Waals surface area contributed by atoms with Gasteiger partial charge in [-0.3, -0.25) is 0 Å². The number of hydrogen-bond donors (Lipinski definition) is 0. The first-order chi connectivity index (χ1) is 10.0. The molecule has 106 valence electrons. The highest BCUT2D eigenvalue weighted by atomic mass is 19.1. The average molecular weight is 274 g/mol. The fourth-order valence-corrected chi connectivity index (χ4v) is 2.31. The topological polar surface area (TPSA) is 3.88 Å². The fourth-order valence-electron chi connectivity index (χ4n) is 2.31. The lowest BCUT2D eigenvalue weighted by molar-refractivity contribution is -0.660. The second kappa shape index (κ2) is 5.35. The maximum atomic E-state index is 13.3. The van der Waals surface area contributed by atoms with Gasteiger partial charge in [-0.05, 0) is 48.5 Å². The maximum Gasteiger partial charge on any atom is 0.212 e. The number of hydrogen-bond acceptors (Lipinski definition) is 0. The summed E-state index contributed by atoms with van der Waals surface area (Å²) < 4.78 is 31.9. The van der Waals surface area contributed by atoms with Gasteiger partial charge in [0.1, 0.15) is 12.9 Å². The molecule has 0 atom stereocenters. The fraction of sp³-hybridized carbons (Fsp3) is 0.389. The van der Waals surface area contributed by atoms with Gasteiger partial charge in [-0.25, -0.2) is 8.96 Å². The maximum absolute atomic E-state index is 13.3. The minimum absolute atomic E-state index is 0.246. The van der Waals surface area contributed by atoms with Crippen LogP contribution in [0.5, 0.6) is 0 Å². The van der Waals surface area contributed by atoms with Crippen molar-refractivity contribution in [3.8, 4) is 11.3 Å². The molecule has 0 N–H and O–H groups in total. The molecule has 1 heterocycles. The van der Waals surface area contributed by atoms with Gasteiger partial charge in [0.2, 0.25) is 5.69 Å². The summed E-state index contributed by atoms with van der Waals surface area (Å²) in [4.78, 5) is 0. The average Bonchev–Trinajstić information content (AvgIpc) is 2.38. The molecule has 20 heavy (non-hydrogen) atoms. The summed E-state index contributed by atoms with van der Waals surface area (Å²) in [6, 6.07) is 8.45. The van der Waals surface area contributed by atoms with Gasteiger partial charge < -0.3 is 0 Å². The van der Waals surface area contributed by atoms with Crippen molar-refractivity contribution in [2.24, 2.45) is 12.5 Å². The van der Waals surface area contributed by atoms with E-state index >= 15 is 0 Å². The third-order valence-electron chi connectivity index (χ3n) is 3.12. The molecule has 0 aliphatic heterocycles. The van der Waals surface area contributed by atoms with E-state index in [2.05, 4.69) is 0 Å². The Balaban J connectivity index is 2.51. The molecular weight excluding hydrogens is 249 g/mol. The first kappa shape index (κ1) is 12.1. The van der Waals surface area contributed by atoms with E-state index in [1.54, 1.807) is 6.07 Å². The van der Waals surface area contributed by atoms with Crippen molar-refractivity contribution in [2.45, 2.75) is 34.1 Å². The smallest absolute Gasteiger partial charge is 0.207 e. The summed E-state index contributed by atoms with van der Waals surface area (Å²) in [5, 5.41) is 0. The Labute approximate surface area is 123 Å². The van der Waals surface area contributed by atoms with Gasteiger partial charge in [0.05, 0.1) is 0 Å². The van der Waals surface area contributed by atoms with E-state index in [-0.39, 0.29) is 5.82 Å². The molecule has 0 bridgehead atoms. The third kappa shape index (κ3) is 3.44. The second-order valence-electron chi connectivity index (χ2n) is 6.25. The Hall–Kier alpha value is -1.70. The van der Waals surface area contributed by atoms with Crippen LogP contribution in [0.3, 0.4) is 0 Å². The van der Waals surface area contributed by atoms with E-state index in [9.17, 15) is 4.39 Å². The molecule has 1 aromatic carbocycles. The highest BCUT2D eigenvalue weighted by molar-refractivity contribution is 5.60. The standard InChI is InChI=1S/C18H23FN/c1-13-10-15(19)7-8-16(13)17-9-6-14(12-20(17)5)11-18(2,3)4/h6-10,12H,11H2,1-5H3/q+1/i11D2. The van der Waals surface area contributed by atoms with Gasteiger partial charge >= 0.3 is 0 Å². The third-order valence-corrected chi connectivity index (χ3v) is 3.12. The van der Waals surface area contributed by atoms with Crippen LogP contribution in [0.2, 0.25) is 0 Å². The zero-order valence-corrected chi connectivity index (χ0v) is 12.8. The molecule has 0 aliphatic rings. The van der Waals surface area contributed by atoms with Crippen LogP contribution in [0.15, 0.2) is 36.5 Å². The molecule has 2 rings (SSSR count). The van der Waals surface area contributed by atoms with Crippen molar-refractivity contribution in [3.63, 3.8) is 0 Å². The van der Waals surface area contributed by atoms with Gasteiger partial charge in [-0.15, -0.1) is 0 Å². The summed E-state index contributed by atoms with van der Waals surface area (Å²) in [6.45, 7) is 7.56. The Bertz CT molecular complexity index is 703. The normalized spacial score (nSPS) is 13.9. The van der Waals surface area contributed by atoms with Crippen LogP contribution in [0.1, 0.15) is 34.6 Å². The molecule has 0 amide bonds. The SMILES string of the molecule is [2H]C([2H])(c1ccc(-c2ccc(F)cc2C)[n+](C)c1)C(C)(C)C. The largest absolute Gasteiger partial charge is 0.212 e. The zero-order valence-electron chi connectivity index (χ0n) is 14.8. The lowest BCUT2D eigenvalue weighted by Crippen LogP contribution is -2.32. The number of pyridine rings is 1. The molecule has 2 aromatic rings. The number of halogens is 1. The Morgan fingerprint density at radius 1 is 1.20 bits per heavy atom. The lowest BCUT2D eigenvalue weighted by Gasteiger charge is -2.17. The number of nitrogens with zero attached hydrogens (tertiary/aromatic N) is 1. The first-order valence-corrected chi connectivity index (χ1v) is 6.81. The molecule has 0 radical (unpaired) electrons. The Morgan fingerprint density at radius 3 is 2.45 bits per heavy atom. The Morgan fingerprint density at radius 2 is 1.90 bits per heavy atom. The van der Waals surface area contributed by atoms with Crippen LogP contribution in [0.25, 0.3) is 11.3 Å². The van der Waals surface area contributed by atoms with Gasteiger partial charge in [0.25, 0.3) is 0 Å². The van der Waals surface area contributed by atoms with Gasteiger partial charge in [0.15, 0.2) is 6.20 Å². The minimum Gasteiger partial charge on any atom is -0.207 e. The van der Waals surface area contributed by atoms with Crippen molar-refractivity contribution in [2.75, 3.05) is 0 Å². The van der Waals surface area contributed by atoms with Crippen LogP contribution in [-0.2, 0) is 13.4 Å². The molecule has 0 spiro atoms. The van der Waals surface area contributed by atoms with E-state index in [1.807, 2.05) is 57.6 Å². The molecule has 0 unspecified atom stereocenters. The number of rotatable bonds is 2. The molecular formula is C18H23FN+. The monoisotopic (exact) mass is 274 g/mol. The van der Waals surface area contributed by atoms with Crippen LogP contribution < -0.4 is 4.57 Å². The van der Waals surface area contributed by atoms with Crippen LogP contribution >= 0.6 is 0 Å². The Kier molecular flexibility index (Phi) is 3.23. The summed E-state index contributed by atoms with van der Waals surface area (Å²) >= 11 is 0. The number of benzene rings is 1. The predicted octanol–water partition coefficient (Wildman–Crippen LogP) is 4.21. The zero-order chi connectivity index (χ0) is 16.7. The van der Waals surface area contributed by atoms with E-state index in [1.165, 1.54) is 12.1 Å². The molecule has 0 aliphatic carbocycles. The molecule has 0 fully saturated rings. The molecule has 0 saturated heterocycles. The van der Waals surface area contributed by atoms with Gasteiger partial charge in [-0.2, -0.15) is 0 Å². The van der Waals surface area contributed by atoms with E-state index in [0.717, 1.165) is 16.8 Å². The van der Waals surface area contributed by atoms with Crippen molar-refractivity contribution < 1.29 is 11.7 Å². The number of aryl methyl sites for hydroxylation is 2. The van der Waals surface area contributed by atoms with E-state index in [0.29, 0.717) is 5.56 Å². The predicted molar refractivity (Wildman–Crippen MR) is 80.9 cm³/mol. The first-order valence-electron chi connectivity index (χ1n) is 7.81. The van der Waals surface area contributed by atoms with Crippen LogP contribution in [0.4, 0.5) is 4.39 Å². The van der Waals surface area contributed by atoms with Crippen LogP contribution in [0, 0.1) is 18.2 Å². The minimum atomic E-state index is -1.43. The molecule has 2 heteroatoms. The summed E-state index contributed by atoms with van der Waals surface area (Å²) in [6.07, 6.45) is 0.393. The van der Waals surface area contributed by atoms with Crippen molar-refractivity contribution >= 4 is 0 Å². The summed E-state index contributed by atoms with van der Waals surface area (Å²) in [7, 11) is 1.89. The highest BCUT2D eigenvalue weighted by Gasteiger charge is 2.17. The van der Waals surface area contributed by atoms with Crippen molar-refractivity contribution in [3.05, 3.63) is 53.5 Å². The van der Waals surface area contributed by atoms with Crippen LogP contribution in [-0.4, -0.2) is 0 Å². The van der Waals surface area contributed by atoms with Crippen molar-refractivity contribution in [1.82, 2.24) is 0 Å². The van der Waals surface area contributed by atoms with Crippen molar-refractivity contribution in [1.29, 1.82) is 0 Å². The molecule has 0 saturated carbocycles. The lowest BCUT2D eigenvalue weighted by atomic mass is 9.88. The molecule has 1 aromatic heterocycles. The second-order valence-corrected chi connectivity index (χ2v) is 6.25. The van der Waals surface area contributed by atoms with Gasteiger partial charge in [-0.1, -0.05) is 20.8 Å². The summed E-state index contributed by atoms with van der Waals surface area (Å²) in [5.74, 6) is -0.246. The number of aromatic nitrogens is 1. The van der Waals surface area contributed by atoms with E-state index < -0.39 is 11.8 Å². The highest BCUT2D eigenvalue weighted by Crippen LogP contribution is 2.23. The van der Waals surface area contributed by atoms with Gasteiger partial charge in [0, 0.05) is 19.9 Å². The van der Waals surface area contributed by atoms with E-state index in [4.69, 9.17) is 2.74 Å². The quantitative estimate of drug-likeness (QED) is 0.722. The summed E-state index contributed by atoms with van der Waals surface area (Å²) in [5.41, 5.74) is 2.90.